The number of likely N-dealkylation sites (tertiary alicyclic amines) is 1. The van der Waals surface area contributed by atoms with Gasteiger partial charge in [0.1, 0.15) is 0 Å². The molecule has 0 atom stereocenters. The molecule has 2 fully saturated rings. The minimum Gasteiger partial charge on any atom is -0.490 e. The number of nitrogens with one attached hydrogen (secondary N) is 1. The number of aryl methyl sites for hydroxylation is 1. The average Bonchev–Trinajstić information content (AvgIpc) is 2.63. The highest BCUT2D eigenvalue weighted by Crippen LogP contribution is 2.39. The fourth-order valence-electron chi connectivity index (χ4n) is 3.98. The zero-order valence-electron chi connectivity index (χ0n) is 15.6. The maximum absolute atomic E-state index is 13.8. The molecule has 1 aliphatic carbocycles. The lowest BCUT2D eigenvalue weighted by molar-refractivity contribution is -0.145. The number of aliphatic hydroxyl groups is 1. The summed E-state index contributed by atoms with van der Waals surface area (Å²) < 4.78 is 19.5. The maximum atomic E-state index is 13.8. The first-order valence-corrected chi connectivity index (χ1v) is 9.46. The normalized spacial score (nSPS) is 25.6. The quantitative estimate of drug-likeness (QED) is 0.707. The highest BCUT2D eigenvalue weighted by atomic mass is 19.1. The van der Waals surface area contributed by atoms with Gasteiger partial charge in [0, 0.05) is 19.0 Å². The number of nitrogens with zero attached hydrogens (tertiary/aromatic N) is 1. The maximum Gasteiger partial charge on any atom is 0.225 e. The topological polar surface area (TPSA) is 78.9 Å². The summed E-state index contributed by atoms with van der Waals surface area (Å²) in [4.78, 5) is 25.1. The molecule has 0 aromatic heterocycles. The molecule has 27 heavy (non-hydrogen) atoms. The second-order valence-corrected chi connectivity index (χ2v) is 7.82. The van der Waals surface area contributed by atoms with Crippen LogP contribution in [0.2, 0.25) is 0 Å². The molecule has 2 N–H and O–H groups in total. The van der Waals surface area contributed by atoms with Crippen molar-refractivity contribution in [3.63, 3.8) is 0 Å². The number of aliphatic hydroxyl groups excluding tert-OH is 1. The van der Waals surface area contributed by atoms with Crippen molar-refractivity contribution in [2.24, 2.45) is 11.8 Å². The van der Waals surface area contributed by atoms with Crippen LogP contribution in [-0.2, 0) is 9.59 Å². The van der Waals surface area contributed by atoms with Crippen LogP contribution in [0.3, 0.4) is 0 Å². The van der Waals surface area contributed by atoms with E-state index in [0.29, 0.717) is 44.9 Å². The number of ether oxygens (including phenoxy) is 1. The van der Waals surface area contributed by atoms with Crippen LogP contribution in [0.5, 0.6) is 5.75 Å². The lowest BCUT2D eigenvalue weighted by Gasteiger charge is -2.47. The number of carbonyl (C=O) groups excluding carboxylic acids is 2. The lowest BCUT2D eigenvalue weighted by Crippen LogP contribution is -2.61. The Kier molecular flexibility index (Phi) is 5.99. The van der Waals surface area contributed by atoms with Gasteiger partial charge >= 0.3 is 0 Å². The van der Waals surface area contributed by atoms with Crippen LogP contribution in [0.4, 0.5) is 4.39 Å². The van der Waals surface area contributed by atoms with Gasteiger partial charge in [0.05, 0.1) is 18.8 Å². The van der Waals surface area contributed by atoms with Gasteiger partial charge in [-0.2, -0.15) is 0 Å². The number of amides is 2. The predicted molar refractivity (Wildman–Crippen MR) is 97.7 cm³/mol. The number of halogens is 1. The summed E-state index contributed by atoms with van der Waals surface area (Å²) >= 11 is 0. The number of benzene rings is 1. The molecule has 1 heterocycles. The molecule has 1 saturated heterocycles. The smallest absolute Gasteiger partial charge is 0.225 e. The molecule has 1 aromatic rings. The highest BCUT2D eigenvalue weighted by molar-refractivity contribution is 5.80. The van der Waals surface area contributed by atoms with Crippen LogP contribution in [0, 0.1) is 24.6 Å². The summed E-state index contributed by atoms with van der Waals surface area (Å²) in [6.45, 7) is 3.45. The third kappa shape index (κ3) is 4.40. The standard InChI is InChI=1S/C20H27FN2O4/c1-14-2-3-18(17(21)8-14)27-11-15-4-6-23(7-5-15)19(26)16-9-20(10-16,12-24)22-13-25/h2-3,8,13,15-16,24H,4-7,9-12H2,1H3,(H,22,25)/t16-,20+. The molecule has 2 amide bonds. The third-order valence-corrected chi connectivity index (χ3v) is 5.78. The van der Waals surface area contributed by atoms with Gasteiger partial charge < -0.3 is 20.1 Å². The Hall–Kier alpha value is -2.15. The Labute approximate surface area is 158 Å². The van der Waals surface area contributed by atoms with Crippen LogP contribution in [0.25, 0.3) is 0 Å². The Bertz CT molecular complexity index is 683. The molecule has 0 radical (unpaired) electrons. The van der Waals surface area contributed by atoms with E-state index < -0.39 is 5.54 Å². The zero-order valence-corrected chi connectivity index (χ0v) is 15.6. The van der Waals surface area contributed by atoms with E-state index in [4.69, 9.17) is 4.74 Å². The van der Waals surface area contributed by atoms with E-state index in [-0.39, 0.29) is 30.0 Å². The molecule has 7 heteroatoms. The van der Waals surface area contributed by atoms with E-state index in [2.05, 4.69) is 5.32 Å². The van der Waals surface area contributed by atoms with E-state index in [9.17, 15) is 19.1 Å². The molecular weight excluding hydrogens is 351 g/mol. The summed E-state index contributed by atoms with van der Waals surface area (Å²) in [7, 11) is 0. The molecule has 0 spiro atoms. The average molecular weight is 378 g/mol. The first-order valence-electron chi connectivity index (χ1n) is 9.46. The van der Waals surface area contributed by atoms with E-state index in [1.807, 2.05) is 17.9 Å². The van der Waals surface area contributed by atoms with Crippen LogP contribution in [0.1, 0.15) is 31.2 Å². The number of rotatable bonds is 7. The monoisotopic (exact) mass is 378 g/mol. The SMILES string of the molecule is Cc1ccc(OCC2CCN(C(=O)[C@H]3C[C@@](CO)(NC=O)C3)CC2)c(F)c1. The summed E-state index contributed by atoms with van der Waals surface area (Å²) in [6.07, 6.45) is 3.19. The summed E-state index contributed by atoms with van der Waals surface area (Å²) in [5.41, 5.74) is 0.225. The number of piperidine rings is 1. The van der Waals surface area contributed by atoms with Gasteiger partial charge in [-0.05, 0) is 56.2 Å². The molecule has 6 nitrogen and oxygen atoms in total. The minimum absolute atomic E-state index is 0.0933. The minimum atomic E-state index is -0.633. The van der Waals surface area contributed by atoms with E-state index in [1.54, 1.807) is 6.07 Å². The van der Waals surface area contributed by atoms with Crippen LogP contribution < -0.4 is 10.1 Å². The fourth-order valence-corrected chi connectivity index (χ4v) is 3.98. The van der Waals surface area contributed by atoms with Crippen molar-refractivity contribution in [3.05, 3.63) is 29.6 Å². The van der Waals surface area contributed by atoms with Crippen molar-refractivity contribution < 1.29 is 23.8 Å². The lowest BCUT2D eigenvalue weighted by atomic mass is 9.68. The van der Waals surface area contributed by atoms with Crippen molar-refractivity contribution in [2.45, 2.75) is 38.1 Å². The highest BCUT2D eigenvalue weighted by Gasteiger charge is 2.48. The molecular formula is C20H27FN2O4. The zero-order chi connectivity index (χ0) is 19.4. The van der Waals surface area contributed by atoms with Gasteiger partial charge in [0.25, 0.3) is 0 Å². The van der Waals surface area contributed by atoms with Crippen molar-refractivity contribution in [3.8, 4) is 5.75 Å². The van der Waals surface area contributed by atoms with Crippen LogP contribution >= 0.6 is 0 Å². The second-order valence-electron chi connectivity index (χ2n) is 7.82. The Morgan fingerprint density at radius 3 is 2.70 bits per heavy atom. The number of carbonyl (C=O) groups is 2. The predicted octanol–water partition coefficient (Wildman–Crippen LogP) is 1.64. The largest absolute Gasteiger partial charge is 0.490 e. The first kappa shape index (κ1) is 19.6. The number of hydrogen-bond donors (Lipinski definition) is 2. The van der Waals surface area contributed by atoms with E-state index >= 15 is 0 Å². The van der Waals surface area contributed by atoms with E-state index in [0.717, 1.165) is 18.4 Å². The van der Waals surface area contributed by atoms with Gasteiger partial charge in [-0.15, -0.1) is 0 Å². The fraction of sp³-hybridized carbons (Fsp3) is 0.600. The van der Waals surface area contributed by atoms with Gasteiger partial charge in [0.15, 0.2) is 11.6 Å². The van der Waals surface area contributed by atoms with E-state index in [1.165, 1.54) is 6.07 Å². The summed E-state index contributed by atoms with van der Waals surface area (Å²) in [5, 5.41) is 12.0. The summed E-state index contributed by atoms with van der Waals surface area (Å²) in [6, 6.07) is 4.94. The van der Waals surface area contributed by atoms with Crippen molar-refractivity contribution in [1.82, 2.24) is 10.2 Å². The molecule has 1 saturated carbocycles. The number of hydrogen-bond acceptors (Lipinski definition) is 4. The first-order chi connectivity index (χ1) is 13.0. The Morgan fingerprint density at radius 1 is 1.41 bits per heavy atom. The van der Waals surface area contributed by atoms with Crippen LogP contribution in [-0.4, -0.2) is 54.2 Å². The molecule has 0 unspecified atom stereocenters. The molecule has 1 aromatic carbocycles. The molecule has 148 valence electrons. The third-order valence-electron chi connectivity index (χ3n) is 5.78. The van der Waals surface area contributed by atoms with Gasteiger partial charge in [-0.25, -0.2) is 4.39 Å². The molecule has 0 bridgehead atoms. The van der Waals surface area contributed by atoms with Crippen LogP contribution in [0.15, 0.2) is 18.2 Å². The van der Waals surface area contributed by atoms with Crippen molar-refractivity contribution >= 4 is 12.3 Å². The van der Waals surface area contributed by atoms with Gasteiger partial charge in [-0.3, -0.25) is 9.59 Å². The molecule has 3 rings (SSSR count). The summed E-state index contributed by atoms with van der Waals surface area (Å²) in [5.74, 6) is 0.180. The van der Waals surface area contributed by atoms with Gasteiger partial charge in [0.2, 0.25) is 12.3 Å². The van der Waals surface area contributed by atoms with Crippen molar-refractivity contribution in [1.29, 1.82) is 0 Å². The van der Waals surface area contributed by atoms with Crippen molar-refractivity contribution in [2.75, 3.05) is 26.3 Å². The Morgan fingerprint density at radius 2 is 2.11 bits per heavy atom. The molecule has 2 aliphatic rings. The Balaban J connectivity index is 1.42. The molecule has 1 aliphatic heterocycles. The second kappa shape index (κ2) is 8.25. The van der Waals surface area contributed by atoms with Gasteiger partial charge in [-0.1, -0.05) is 6.07 Å².